The van der Waals surface area contributed by atoms with Gasteiger partial charge < -0.3 is 37.2 Å². The van der Waals surface area contributed by atoms with Crippen molar-refractivity contribution in [3.8, 4) is 16.9 Å². The molecule has 3 heterocycles. The first-order chi connectivity index (χ1) is 23.9. The number of thiazole rings is 1. The highest BCUT2D eigenvalue weighted by Crippen LogP contribution is 2.33. The fourth-order valence-corrected chi connectivity index (χ4v) is 5.64. The predicted octanol–water partition coefficient (Wildman–Crippen LogP) is -1.08. The molecule has 4 rings (SSSR count). The average molecular weight is 751 g/mol. The number of carbonyl (C=O) groups excluding carboxylic acids is 3. The zero-order chi connectivity index (χ0) is 37.7. The second kappa shape index (κ2) is 15.7. The van der Waals surface area contributed by atoms with Gasteiger partial charge >= 0.3 is 22.3 Å². The van der Waals surface area contributed by atoms with E-state index in [1.54, 1.807) is 54.2 Å². The number of hydrogen-bond donors (Lipinski definition) is 7. The smallest absolute Gasteiger partial charge is 0.418 e. The number of amides is 3. The lowest BCUT2D eigenvalue weighted by Gasteiger charge is -2.50. The number of anilines is 2. The third-order valence-corrected chi connectivity index (χ3v) is 8.45. The van der Waals surface area contributed by atoms with Crippen LogP contribution < -0.4 is 37.1 Å². The second-order valence-corrected chi connectivity index (χ2v) is 13.5. The molecule has 10 N–H and O–H groups in total. The minimum atomic E-state index is -5.03. The van der Waals surface area contributed by atoms with Crippen molar-refractivity contribution in [3.63, 3.8) is 0 Å². The van der Waals surface area contributed by atoms with Gasteiger partial charge in [-0.1, -0.05) is 17.3 Å². The number of benzene rings is 1. The molecule has 1 fully saturated rings. The number of carboxylic acids is 1. The number of carbonyl (C=O) groups is 4. The number of ether oxygens (including phenoxy) is 1. The molecule has 0 spiro atoms. The number of hydroxylamine groups is 2. The van der Waals surface area contributed by atoms with E-state index in [1.165, 1.54) is 19.2 Å². The highest BCUT2D eigenvalue weighted by molar-refractivity contribution is 7.80. The molecular formula is C29H36N9O11S2+. The molecule has 1 saturated heterocycles. The highest BCUT2D eigenvalue weighted by atomic mass is 32.3. The number of aryl methyl sites for hydroxylation is 1. The molecule has 0 saturated carbocycles. The van der Waals surface area contributed by atoms with E-state index in [9.17, 15) is 32.7 Å². The number of nitrogens with one attached hydrogen (secondary N) is 2. The summed E-state index contributed by atoms with van der Waals surface area (Å²) in [6.45, 7) is 2.44. The maximum Gasteiger partial charge on any atom is 0.418 e. The molecule has 1 aliphatic heterocycles. The van der Waals surface area contributed by atoms with Crippen molar-refractivity contribution in [2.75, 3.05) is 24.2 Å². The van der Waals surface area contributed by atoms with Crippen molar-refractivity contribution in [2.24, 2.45) is 23.7 Å². The number of rotatable bonds is 16. The first-order valence-corrected chi connectivity index (χ1v) is 17.1. The minimum absolute atomic E-state index is 0.0411. The van der Waals surface area contributed by atoms with Crippen LogP contribution in [0.15, 0.2) is 53.1 Å². The zero-order valence-electron chi connectivity index (χ0n) is 27.4. The summed E-state index contributed by atoms with van der Waals surface area (Å²) in [5, 5.41) is 20.3. The second-order valence-electron chi connectivity index (χ2n) is 11.6. The van der Waals surface area contributed by atoms with Gasteiger partial charge in [0.05, 0.1) is 18.8 Å². The number of aromatic nitrogens is 2. The van der Waals surface area contributed by atoms with Gasteiger partial charge in [0.25, 0.3) is 23.7 Å². The monoisotopic (exact) mass is 750 g/mol. The van der Waals surface area contributed by atoms with Gasteiger partial charge in [-0.2, -0.15) is 13.5 Å². The Hall–Kier alpha value is -5.26. The van der Waals surface area contributed by atoms with Crippen LogP contribution in [0.1, 0.15) is 26.0 Å². The number of oxime groups is 1. The van der Waals surface area contributed by atoms with E-state index in [0.29, 0.717) is 17.3 Å². The highest BCUT2D eigenvalue weighted by Gasteiger charge is 2.58. The van der Waals surface area contributed by atoms with Gasteiger partial charge in [0.1, 0.15) is 30.1 Å². The van der Waals surface area contributed by atoms with E-state index >= 15 is 0 Å². The Morgan fingerprint density at radius 3 is 2.39 bits per heavy atom. The maximum absolute atomic E-state index is 13.2. The van der Waals surface area contributed by atoms with Crippen LogP contribution in [-0.2, 0) is 45.7 Å². The number of β-lactam (4-membered cyclic amide) rings is 1. The molecule has 3 aromatic rings. The van der Waals surface area contributed by atoms with Gasteiger partial charge in [-0.15, -0.1) is 15.6 Å². The lowest BCUT2D eigenvalue weighted by molar-refractivity contribution is -0.656. The van der Waals surface area contributed by atoms with Gasteiger partial charge in [0, 0.05) is 17.0 Å². The lowest BCUT2D eigenvalue weighted by Crippen LogP contribution is -2.76. The number of nitrogens with zero attached hydrogens (tertiary/aromatic N) is 4. The molecule has 20 nitrogen and oxygen atoms in total. The van der Waals surface area contributed by atoms with E-state index in [-0.39, 0.29) is 29.0 Å². The van der Waals surface area contributed by atoms with Crippen LogP contribution in [-0.4, -0.2) is 94.4 Å². The molecule has 0 radical (unpaired) electrons. The average Bonchev–Trinajstić information content (AvgIpc) is 3.49. The van der Waals surface area contributed by atoms with E-state index < -0.39 is 64.2 Å². The van der Waals surface area contributed by atoms with E-state index in [1.807, 2.05) is 0 Å². The van der Waals surface area contributed by atoms with Crippen LogP contribution in [0.4, 0.5) is 10.9 Å². The minimum Gasteiger partial charge on any atom is -0.489 e. The summed E-state index contributed by atoms with van der Waals surface area (Å²) in [7, 11) is -3.28. The fraction of sp³-hybridized carbons (Fsp3) is 0.345. The van der Waals surface area contributed by atoms with Gasteiger partial charge in [-0.25, -0.2) is 24.5 Å². The van der Waals surface area contributed by atoms with Crippen molar-refractivity contribution < 1.29 is 55.7 Å². The molecule has 0 unspecified atom stereocenters. The lowest BCUT2D eigenvalue weighted by atomic mass is 9.84. The molecule has 22 heteroatoms. The Kier molecular flexibility index (Phi) is 11.9. The van der Waals surface area contributed by atoms with E-state index in [2.05, 4.69) is 25.1 Å². The van der Waals surface area contributed by atoms with Crippen molar-refractivity contribution in [3.05, 3.63) is 53.7 Å². The Labute approximate surface area is 295 Å². The molecule has 1 aliphatic rings. The van der Waals surface area contributed by atoms with Crippen LogP contribution in [0.2, 0.25) is 0 Å². The Balaban J connectivity index is 1.42. The molecule has 2 aromatic heterocycles. The normalized spacial score (nSPS) is 16.8. The van der Waals surface area contributed by atoms with Crippen molar-refractivity contribution in [1.29, 1.82) is 0 Å². The number of aliphatic carboxylic acids is 1. The van der Waals surface area contributed by atoms with Crippen molar-refractivity contribution in [1.82, 2.24) is 15.4 Å². The molecule has 3 atom stereocenters. The zero-order valence-corrected chi connectivity index (χ0v) is 29.0. The first-order valence-electron chi connectivity index (χ1n) is 14.9. The van der Waals surface area contributed by atoms with Crippen molar-refractivity contribution >= 4 is 62.1 Å². The van der Waals surface area contributed by atoms with Crippen LogP contribution in [0.3, 0.4) is 0 Å². The van der Waals surface area contributed by atoms with Crippen LogP contribution in [0, 0.1) is 0 Å². The first kappa shape index (κ1) is 38.5. The Morgan fingerprint density at radius 2 is 1.84 bits per heavy atom. The SMILES string of the molecule is C[n+]1cc(-c2ccc(OC[C@H](O/N=C(\C(=O)N[C@@H]3C(=O)N(OS(=O)(=O)O)C3(C)C)c3csc(N)n3)C(=O)O)cc2)ccc1NC(=O)[C@@H](N)CCN. The van der Waals surface area contributed by atoms with Gasteiger partial charge in [-0.3, -0.25) is 14.1 Å². The topological polar surface area (TPSA) is 305 Å². The molecular weight excluding hydrogens is 715 g/mol. The van der Waals surface area contributed by atoms with E-state index in [0.717, 1.165) is 22.5 Å². The van der Waals surface area contributed by atoms with Crippen LogP contribution in [0.5, 0.6) is 5.75 Å². The fourth-order valence-electron chi connectivity index (χ4n) is 4.64. The maximum atomic E-state index is 13.2. The summed E-state index contributed by atoms with van der Waals surface area (Å²) < 4.78 is 42.8. The van der Waals surface area contributed by atoms with Gasteiger partial charge in [0.15, 0.2) is 10.8 Å². The quantitative estimate of drug-likeness (QED) is 0.0301. The van der Waals surface area contributed by atoms with Gasteiger partial charge in [-0.05, 0) is 50.6 Å². The predicted molar refractivity (Wildman–Crippen MR) is 180 cm³/mol. The summed E-state index contributed by atoms with van der Waals surface area (Å²) in [6.07, 6.45) is 0.420. The number of nitrogens with two attached hydrogens (primary N) is 3. The van der Waals surface area contributed by atoms with Crippen LogP contribution >= 0.6 is 11.3 Å². The molecule has 0 bridgehead atoms. The molecule has 274 valence electrons. The number of nitrogen functional groups attached to an aromatic ring is 1. The Bertz CT molecular complexity index is 1940. The molecule has 3 amide bonds. The molecule has 1 aromatic carbocycles. The molecule has 51 heavy (non-hydrogen) atoms. The third kappa shape index (κ3) is 9.50. The van der Waals surface area contributed by atoms with Crippen molar-refractivity contribution in [2.45, 2.75) is 44.0 Å². The Morgan fingerprint density at radius 1 is 1.18 bits per heavy atom. The molecule has 0 aliphatic carbocycles. The van der Waals surface area contributed by atoms with E-state index in [4.69, 9.17) is 31.3 Å². The summed E-state index contributed by atoms with van der Waals surface area (Å²) in [5.41, 5.74) is 16.5. The summed E-state index contributed by atoms with van der Waals surface area (Å²) in [4.78, 5) is 59.2. The summed E-state index contributed by atoms with van der Waals surface area (Å²) in [6, 6.07) is 8.09. The van der Waals surface area contributed by atoms with Crippen LogP contribution in [0.25, 0.3) is 11.1 Å². The third-order valence-electron chi connectivity index (χ3n) is 7.44. The number of carboxylic acid groups (broad SMARTS) is 1. The number of pyridine rings is 1. The summed E-state index contributed by atoms with van der Waals surface area (Å²) in [5.74, 6) is -3.08. The summed E-state index contributed by atoms with van der Waals surface area (Å²) >= 11 is 0.943. The largest absolute Gasteiger partial charge is 0.489 e. The van der Waals surface area contributed by atoms with Gasteiger partial charge in [0.2, 0.25) is 0 Å². The standard InChI is InChI=1S/C29H35N9O11S2/c1-29(2)23(26(41)38(29)49-51(44,45)46)35-25(40)22(19-14-50-28(32)33-19)36-48-20(27(42)43)13-47-17-7-4-15(5-8-17)16-6-9-21(37(3)12-16)34-24(39)18(31)10-11-30/h4-9,12,14,18,20,23H,10-11,13,30-31H2,1-3H3,(H5,32,33,35,40,42,43,44,45,46)/p+1/b36-22-/t18-,20-,23+/m0/s1. The number of hydrogen-bond acceptors (Lipinski definition) is 15.